The fourth-order valence-corrected chi connectivity index (χ4v) is 8.63. The lowest BCUT2D eigenvalue weighted by molar-refractivity contribution is -0.184. The predicted molar refractivity (Wildman–Crippen MR) is 147 cm³/mol. The summed E-state index contributed by atoms with van der Waals surface area (Å²) in [4.78, 5) is 61.5. The number of hydrogen-bond donors (Lipinski definition) is 4. The van der Waals surface area contributed by atoms with Crippen molar-refractivity contribution < 1.29 is 44.0 Å². The molecule has 6 unspecified atom stereocenters. The lowest BCUT2D eigenvalue weighted by Gasteiger charge is -2.60. The molecule has 4 aliphatic rings. The molecule has 9 atom stereocenters. The van der Waals surface area contributed by atoms with Gasteiger partial charge in [0.2, 0.25) is 11.7 Å². The van der Waals surface area contributed by atoms with E-state index in [4.69, 9.17) is 4.74 Å². The quantitative estimate of drug-likeness (QED) is 0.286. The molecule has 0 bridgehead atoms. The van der Waals surface area contributed by atoms with E-state index in [-0.39, 0.29) is 60.6 Å². The predicted octanol–water partition coefficient (Wildman–Crippen LogP) is 2.73. The minimum atomic E-state index is -1.76. The smallest absolute Gasteiger partial charge is 0.326 e. The van der Waals surface area contributed by atoms with Gasteiger partial charge in [-0.1, -0.05) is 39.7 Å². The summed E-state index contributed by atoms with van der Waals surface area (Å²) in [6.45, 7) is 6.90. The van der Waals surface area contributed by atoms with E-state index in [9.17, 15) is 39.3 Å². The average Bonchev–Trinajstić information content (AvgIpc) is 3.19. The molecule has 0 aromatic carbocycles. The summed E-state index contributed by atoms with van der Waals surface area (Å²) in [6.07, 6.45) is 4.77. The summed E-state index contributed by atoms with van der Waals surface area (Å²) in [6, 6.07) is -1.06. The van der Waals surface area contributed by atoms with Crippen LogP contribution >= 0.6 is 0 Å². The summed E-state index contributed by atoms with van der Waals surface area (Å²) < 4.78 is 5.16. The van der Waals surface area contributed by atoms with Crippen LogP contribution in [0.15, 0.2) is 11.6 Å². The number of esters is 1. The van der Waals surface area contributed by atoms with Gasteiger partial charge in [0.05, 0.1) is 12.5 Å². The number of fused-ring (bicyclic) bond motifs is 5. The van der Waals surface area contributed by atoms with Crippen molar-refractivity contribution in [1.29, 1.82) is 0 Å². The van der Waals surface area contributed by atoms with Crippen LogP contribution in [0.4, 0.5) is 0 Å². The fraction of sp³-hybridized carbons (Fsp3) is 0.774. The first-order valence-electron chi connectivity index (χ1n) is 15.0. The number of aliphatic hydroxyl groups is 2. The van der Waals surface area contributed by atoms with Gasteiger partial charge in [-0.15, -0.1) is 0 Å². The van der Waals surface area contributed by atoms with Crippen LogP contribution in [0.25, 0.3) is 0 Å². The molecule has 1 amide bonds. The first-order chi connectivity index (χ1) is 19.2. The molecule has 10 nitrogen and oxygen atoms in total. The van der Waals surface area contributed by atoms with E-state index in [0.717, 1.165) is 18.4 Å². The van der Waals surface area contributed by atoms with E-state index < -0.39 is 53.4 Å². The third-order valence-electron chi connectivity index (χ3n) is 11.2. The molecule has 0 aromatic heterocycles. The zero-order chi connectivity index (χ0) is 30.3. The van der Waals surface area contributed by atoms with Crippen LogP contribution in [0.2, 0.25) is 0 Å². The second-order valence-electron chi connectivity index (χ2n) is 13.3. The molecular weight excluding hydrogens is 530 g/mol. The SMILES string of the molecule is CCC(C)C(NC(=O)CCC(=O)OCC(=O)[C@@]1(O)CCC2C3CCC4=CC(=O)CC[C@]4(C)C3C(O)C[C@@]21C)C(=O)O. The lowest BCUT2D eigenvalue weighted by atomic mass is 9.45. The second kappa shape index (κ2) is 11.6. The van der Waals surface area contributed by atoms with Gasteiger partial charge in [0, 0.05) is 18.3 Å². The Morgan fingerprint density at radius 2 is 1.83 bits per heavy atom. The number of carbonyl (C=O) groups excluding carboxylic acids is 4. The number of ketones is 2. The molecule has 4 N–H and O–H groups in total. The number of carboxylic acid groups (broad SMARTS) is 1. The van der Waals surface area contributed by atoms with Crippen LogP contribution in [0.5, 0.6) is 0 Å². The largest absolute Gasteiger partial charge is 0.480 e. The normalized spacial score (nSPS) is 37.5. The van der Waals surface area contributed by atoms with Crippen molar-refractivity contribution in [2.45, 2.75) is 110 Å². The van der Waals surface area contributed by atoms with Gasteiger partial charge >= 0.3 is 11.9 Å². The zero-order valence-electron chi connectivity index (χ0n) is 24.6. The maximum absolute atomic E-state index is 13.4. The van der Waals surface area contributed by atoms with Gasteiger partial charge < -0.3 is 25.4 Å². The minimum absolute atomic E-state index is 0.00736. The van der Waals surface area contributed by atoms with Gasteiger partial charge in [0.25, 0.3) is 0 Å². The van der Waals surface area contributed by atoms with Crippen molar-refractivity contribution in [3.8, 4) is 0 Å². The van der Waals surface area contributed by atoms with Gasteiger partial charge in [0.15, 0.2) is 12.4 Å². The van der Waals surface area contributed by atoms with Crippen molar-refractivity contribution in [2.24, 2.45) is 34.5 Å². The van der Waals surface area contributed by atoms with Crippen LogP contribution < -0.4 is 5.32 Å². The molecule has 228 valence electrons. The summed E-state index contributed by atoms with van der Waals surface area (Å²) in [7, 11) is 0. The molecular formula is C31H45NO9. The molecule has 3 fully saturated rings. The number of Topliss-reactive ketones (excluding diaryl/α,β-unsaturated/α-hetero) is 1. The monoisotopic (exact) mass is 575 g/mol. The van der Waals surface area contributed by atoms with E-state index in [1.54, 1.807) is 13.0 Å². The number of ether oxygens (including phenoxy) is 1. The molecule has 0 heterocycles. The van der Waals surface area contributed by atoms with Crippen LogP contribution in [0.1, 0.15) is 91.9 Å². The summed E-state index contributed by atoms with van der Waals surface area (Å²) in [5.41, 5.74) is -1.81. The summed E-state index contributed by atoms with van der Waals surface area (Å²) in [5, 5.41) is 35.0. The van der Waals surface area contributed by atoms with Gasteiger partial charge in [-0.3, -0.25) is 19.2 Å². The highest BCUT2D eigenvalue weighted by Gasteiger charge is 2.68. The third kappa shape index (κ3) is 5.49. The molecule has 0 spiro atoms. The molecule has 3 saturated carbocycles. The number of amides is 1. The van der Waals surface area contributed by atoms with E-state index in [1.165, 1.54) is 0 Å². The summed E-state index contributed by atoms with van der Waals surface area (Å²) >= 11 is 0. The van der Waals surface area contributed by atoms with Crippen LogP contribution in [0, 0.1) is 34.5 Å². The molecule has 0 aliphatic heterocycles. The van der Waals surface area contributed by atoms with E-state index in [1.807, 2.05) is 13.8 Å². The highest BCUT2D eigenvalue weighted by molar-refractivity contribution is 5.92. The van der Waals surface area contributed by atoms with Crippen molar-refractivity contribution >= 4 is 29.4 Å². The van der Waals surface area contributed by atoms with Gasteiger partial charge in [-0.25, -0.2) is 4.79 Å². The number of aliphatic hydroxyl groups excluding tert-OH is 1. The Balaban J connectivity index is 1.37. The maximum atomic E-state index is 13.4. The van der Waals surface area contributed by atoms with Crippen LogP contribution in [-0.2, 0) is 28.7 Å². The van der Waals surface area contributed by atoms with Crippen molar-refractivity contribution in [3.63, 3.8) is 0 Å². The average molecular weight is 576 g/mol. The number of rotatable bonds is 10. The van der Waals surface area contributed by atoms with Crippen LogP contribution in [0.3, 0.4) is 0 Å². The topological polar surface area (TPSA) is 167 Å². The number of allylic oxidation sites excluding steroid dienone is 1. The van der Waals surface area contributed by atoms with Crippen molar-refractivity contribution in [2.75, 3.05) is 6.61 Å². The minimum Gasteiger partial charge on any atom is -0.480 e. The Bertz CT molecular complexity index is 1130. The Morgan fingerprint density at radius 1 is 1.12 bits per heavy atom. The van der Waals surface area contributed by atoms with Crippen LogP contribution in [-0.4, -0.2) is 69.1 Å². The third-order valence-corrected chi connectivity index (χ3v) is 11.2. The van der Waals surface area contributed by atoms with Crippen molar-refractivity contribution in [1.82, 2.24) is 5.32 Å². The Morgan fingerprint density at radius 3 is 2.49 bits per heavy atom. The van der Waals surface area contributed by atoms with Gasteiger partial charge in [-0.05, 0) is 73.7 Å². The van der Waals surface area contributed by atoms with Gasteiger partial charge in [-0.2, -0.15) is 0 Å². The fourth-order valence-electron chi connectivity index (χ4n) is 8.63. The highest BCUT2D eigenvalue weighted by Crippen LogP contribution is 2.67. The molecule has 4 rings (SSSR count). The van der Waals surface area contributed by atoms with E-state index in [2.05, 4.69) is 12.2 Å². The molecule has 41 heavy (non-hydrogen) atoms. The van der Waals surface area contributed by atoms with E-state index >= 15 is 0 Å². The van der Waals surface area contributed by atoms with E-state index in [0.29, 0.717) is 25.7 Å². The Kier molecular flexibility index (Phi) is 8.86. The second-order valence-corrected chi connectivity index (χ2v) is 13.3. The Hall–Kier alpha value is -2.59. The Labute approximate surface area is 241 Å². The number of carbonyl (C=O) groups is 5. The zero-order valence-corrected chi connectivity index (χ0v) is 24.6. The lowest BCUT2D eigenvalue weighted by Crippen LogP contribution is -2.62. The first kappa shape index (κ1) is 31.3. The number of hydrogen-bond acceptors (Lipinski definition) is 8. The standard InChI is InChI=1S/C31H45NO9/c1-5-17(2)27(28(38)39)32-24(36)8-9-25(37)41-16-23(35)31(40)13-11-21-20-7-6-18-14-19(33)10-12-29(18,3)26(20)22(34)15-30(21,31)4/h14,17,20-22,26-27,34,40H,5-13,15-16H2,1-4H3,(H,32,36)(H,38,39)/t17?,20?,21?,22?,26?,27?,29-,30-,31-/m0/s1. The van der Waals surface area contributed by atoms with Crippen molar-refractivity contribution in [3.05, 3.63) is 11.6 Å². The first-order valence-corrected chi connectivity index (χ1v) is 15.0. The molecule has 10 heteroatoms. The molecule has 0 saturated heterocycles. The number of nitrogens with one attached hydrogen (secondary N) is 1. The maximum Gasteiger partial charge on any atom is 0.326 e. The van der Waals surface area contributed by atoms with Gasteiger partial charge in [0.1, 0.15) is 11.6 Å². The summed E-state index contributed by atoms with van der Waals surface area (Å²) in [5.74, 6) is -3.23. The number of aliphatic carboxylic acids is 1. The molecule has 0 aromatic rings. The highest BCUT2D eigenvalue weighted by atomic mass is 16.5. The molecule has 4 aliphatic carbocycles. The molecule has 0 radical (unpaired) electrons. The number of carboxylic acids is 1.